The number of benzene rings is 4. The normalized spacial score (nSPS) is 10.7. The van der Waals surface area contributed by atoms with Gasteiger partial charge < -0.3 is 20.4 Å². The van der Waals surface area contributed by atoms with Gasteiger partial charge in [0.2, 0.25) is 0 Å². The Balaban J connectivity index is 0.000000205. The summed E-state index contributed by atoms with van der Waals surface area (Å²) in [5, 5.41) is 37.4. The molecule has 36 heavy (non-hydrogen) atoms. The Bertz CT molecular complexity index is 1350. The number of phenolic OH excluding ortho intramolecular Hbond substituents is 4. The lowest BCUT2D eigenvalue weighted by Gasteiger charge is -2.04. The number of allylic oxidation sites excluding steroid dienone is 2. The lowest BCUT2D eigenvalue weighted by molar-refractivity contribution is 0.103. The maximum absolute atomic E-state index is 11.9. The molecule has 0 saturated heterocycles. The average Bonchev–Trinajstić information content (AvgIpc) is 2.88. The van der Waals surface area contributed by atoms with Crippen molar-refractivity contribution in [2.45, 2.75) is 0 Å². The minimum absolute atomic E-state index is 0.0319. The first-order valence-electron chi connectivity index (χ1n) is 10.9. The molecule has 0 aromatic heterocycles. The predicted octanol–water partition coefficient (Wildman–Crippen LogP) is 5.99. The maximum Gasteiger partial charge on any atom is 0.193 e. The van der Waals surface area contributed by atoms with Crippen molar-refractivity contribution < 1.29 is 30.0 Å². The topological polar surface area (TPSA) is 115 Å². The van der Waals surface area contributed by atoms with E-state index < -0.39 is 17.3 Å². The summed E-state index contributed by atoms with van der Waals surface area (Å²) in [5.41, 5.74) is 2.15. The van der Waals surface area contributed by atoms with Gasteiger partial charge in [-0.05, 0) is 35.4 Å². The van der Waals surface area contributed by atoms with Crippen LogP contribution in [0.1, 0.15) is 31.8 Å². The van der Waals surface area contributed by atoms with E-state index >= 15 is 0 Å². The van der Waals surface area contributed by atoms with Crippen molar-refractivity contribution in [3.05, 3.63) is 131 Å². The summed E-state index contributed by atoms with van der Waals surface area (Å²) in [5.74, 6) is -1.79. The van der Waals surface area contributed by atoms with Crippen LogP contribution in [-0.4, -0.2) is 32.0 Å². The van der Waals surface area contributed by atoms with Crippen LogP contribution in [0.2, 0.25) is 0 Å². The highest BCUT2D eigenvalue weighted by molar-refractivity contribution is 6.10. The average molecular weight is 481 g/mol. The number of rotatable bonds is 6. The molecule has 6 nitrogen and oxygen atoms in total. The van der Waals surface area contributed by atoms with Crippen LogP contribution in [0, 0.1) is 0 Å². The second-order valence-electron chi connectivity index (χ2n) is 7.62. The van der Waals surface area contributed by atoms with Crippen molar-refractivity contribution in [1.82, 2.24) is 0 Å². The summed E-state index contributed by atoms with van der Waals surface area (Å²) < 4.78 is 0. The summed E-state index contributed by atoms with van der Waals surface area (Å²) in [6.45, 7) is 0. The van der Waals surface area contributed by atoms with Gasteiger partial charge in [0, 0.05) is 17.7 Å². The number of carbonyl (C=O) groups excluding carboxylic acids is 2. The zero-order chi connectivity index (χ0) is 25.9. The van der Waals surface area contributed by atoms with Gasteiger partial charge in [-0.3, -0.25) is 9.59 Å². The Morgan fingerprint density at radius 1 is 0.528 bits per heavy atom. The van der Waals surface area contributed by atoms with Gasteiger partial charge in [0.1, 0.15) is 28.6 Å². The fourth-order valence-electron chi connectivity index (χ4n) is 3.13. The smallest absolute Gasteiger partial charge is 0.193 e. The van der Waals surface area contributed by atoms with Crippen molar-refractivity contribution in [3.8, 4) is 23.0 Å². The first-order chi connectivity index (χ1) is 17.3. The highest BCUT2D eigenvalue weighted by Crippen LogP contribution is 2.32. The summed E-state index contributed by atoms with van der Waals surface area (Å²) in [7, 11) is 0. The van der Waals surface area contributed by atoms with Crippen LogP contribution in [0.15, 0.2) is 109 Å². The van der Waals surface area contributed by atoms with Gasteiger partial charge in [0.05, 0.1) is 0 Å². The standard InChI is InChI=1S/C15H12O5.C15H12O/c16-10-4-1-9(2-5-10)3-6-12(18)15-13(19)7-11(17)8-14(15)20;16-15(14-9-5-2-6-10-14)12-11-13-7-3-1-4-8-13/h1-8,16-17,19-20H;1-12H. The number of hydrogen-bond donors (Lipinski definition) is 4. The van der Waals surface area contributed by atoms with E-state index in [1.54, 1.807) is 18.2 Å². The van der Waals surface area contributed by atoms with Gasteiger partial charge >= 0.3 is 0 Å². The van der Waals surface area contributed by atoms with E-state index in [9.17, 15) is 19.8 Å². The second-order valence-corrected chi connectivity index (χ2v) is 7.62. The lowest BCUT2D eigenvalue weighted by Crippen LogP contribution is -1.95. The van der Waals surface area contributed by atoms with Crippen LogP contribution in [0.4, 0.5) is 0 Å². The van der Waals surface area contributed by atoms with Gasteiger partial charge in [-0.1, -0.05) is 84.9 Å². The maximum atomic E-state index is 11.9. The summed E-state index contributed by atoms with van der Waals surface area (Å²) >= 11 is 0. The molecule has 4 aromatic carbocycles. The van der Waals surface area contributed by atoms with E-state index in [0.29, 0.717) is 5.56 Å². The molecule has 0 radical (unpaired) electrons. The van der Waals surface area contributed by atoms with Gasteiger partial charge in [-0.2, -0.15) is 0 Å². The monoisotopic (exact) mass is 480 g/mol. The molecular formula is C30H24O6. The lowest BCUT2D eigenvalue weighted by atomic mass is 10.1. The molecule has 0 aliphatic rings. The van der Waals surface area contributed by atoms with Crippen molar-refractivity contribution in [2.24, 2.45) is 0 Å². The van der Waals surface area contributed by atoms with E-state index in [1.165, 1.54) is 24.3 Å². The van der Waals surface area contributed by atoms with Gasteiger partial charge in [-0.15, -0.1) is 0 Å². The number of phenols is 4. The Morgan fingerprint density at radius 2 is 1.00 bits per heavy atom. The molecule has 0 spiro atoms. The van der Waals surface area contributed by atoms with E-state index in [1.807, 2.05) is 66.7 Å². The molecule has 6 heteroatoms. The quantitative estimate of drug-likeness (QED) is 0.199. The Morgan fingerprint density at radius 3 is 1.56 bits per heavy atom. The van der Waals surface area contributed by atoms with E-state index in [2.05, 4.69) is 0 Å². The van der Waals surface area contributed by atoms with Crippen molar-refractivity contribution >= 4 is 23.7 Å². The molecule has 0 unspecified atom stereocenters. The molecular weight excluding hydrogens is 456 g/mol. The third-order valence-corrected chi connectivity index (χ3v) is 4.93. The first-order valence-corrected chi connectivity index (χ1v) is 10.9. The zero-order valence-corrected chi connectivity index (χ0v) is 19.2. The van der Waals surface area contributed by atoms with Crippen molar-refractivity contribution in [1.29, 1.82) is 0 Å². The molecule has 0 atom stereocenters. The highest BCUT2D eigenvalue weighted by Gasteiger charge is 2.15. The number of aromatic hydroxyl groups is 4. The predicted molar refractivity (Wildman–Crippen MR) is 139 cm³/mol. The number of ketones is 2. The third-order valence-electron chi connectivity index (χ3n) is 4.93. The van der Waals surface area contributed by atoms with Crippen LogP contribution >= 0.6 is 0 Å². The SMILES string of the molecule is O=C(C=Cc1ccc(O)cc1)c1c(O)cc(O)cc1O.O=C(C=Cc1ccccc1)c1ccccc1. The molecule has 0 bridgehead atoms. The van der Waals surface area contributed by atoms with Crippen molar-refractivity contribution in [3.63, 3.8) is 0 Å². The van der Waals surface area contributed by atoms with E-state index in [4.69, 9.17) is 10.2 Å². The molecule has 0 saturated carbocycles. The molecule has 0 fully saturated rings. The molecule has 0 aliphatic heterocycles. The molecule has 4 rings (SSSR count). The second kappa shape index (κ2) is 12.4. The van der Waals surface area contributed by atoms with Crippen LogP contribution < -0.4 is 0 Å². The van der Waals surface area contributed by atoms with Crippen LogP contribution in [0.5, 0.6) is 23.0 Å². The van der Waals surface area contributed by atoms with Crippen LogP contribution in [-0.2, 0) is 0 Å². The minimum atomic E-state index is -0.604. The molecule has 4 aromatic rings. The minimum Gasteiger partial charge on any atom is -0.508 e. The van der Waals surface area contributed by atoms with Crippen LogP contribution in [0.3, 0.4) is 0 Å². The Labute approximate surface area is 208 Å². The summed E-state index contributed by atoms with van der Waals surface area (Å²) in [6.07, 6.45) is 6.09. The molecule has 4 N–H and O–H groups in total. The Hall–Kier alpha value is -5.10. The molecule has 0 heterocycles. The first kappa shape index (κ1) is 25.5. The fraction of sp³-hybridized carbons (Fsp3) is 0. The van der Waals surface area contributed by atoms with Crippen LogP contribution in [0.25, 0.3) is 12.2 Å². The van der Waals surface area contributed by atoms with Gasteiger partial charge in [-0.25, -0.2) is 0 Å². The van der Waals surface area contributed by atoms with Gasteiger partial charge in [0.15, 0.2) is 11.6 Å². The highest BCUT2D eigenvalue weighted by atomic mass is 16.3. The van der Waals surface area contributed by atoms with Gasteiger partial charge in [0.25, 0.3) is 0 Å². The molecule has 0 amide bonds. The zero-order valence-electron chi connectivity index (χ0n) is 19.2. The number of carbonyl (C=O) groups is 2. The molecule has 180 valence electrons. The third kappa shape index (κ3) is 7.46. The summed E-state index contributed by atoms with van der Waals surface area (Å²) in [4.78, 5) is 23.6. The fourth-order valence-corrected chi connectivity index (χ4v) is 3.13. The largest absolute Gasteiger partial charge is 0.508 e. The van der Waals surface area contributed by atoms with E-state index in [0.717, 1.165) is 23.3 Å². The summed E-state index contributed by atoms with van der Waals surface area (Å²) in [6, 6.07) is 27.2. The Kier molecular flexibility index (Phi) is 8.78. The van der Waals surface area contributed by atoms with E-state index in [-0.39, 0.29) is 22.8 Å². The number of hydrogen-bond acceptors (Lipinski definition) is 6. The molecule has 0 aliphatic carbocycles. The van der Waals surface area contributed by atoms with Crippen molar-refractivity contribution in [2.75, 3.05) is 0 Å².